The molecule has 0 heterocycles. The summed E-state index contributed by atoms with van der Waals surface area (Å²) in [6.07, 6.45) is 1.05. The average molecular weight is 313 g/mol. The third kappa shape index (κ3) is 3.74. The minimum absolute atomic E-state index is 0.573. The third-order valence-corrected chi connectivity index (χ3v) is 4.63. The summed E-state index contributed by atoms with van der Waals surface area (Å²) in [7, 11) is 0. The minimum atomic E-state index is 0.573. The van der Waals surface area contributed by atoms with Crippen LogP contribution >= 0.6 is 15.9 Å². The van der Waals surface area contributed by atoms with Crippen LogP contribution in [0.25, 0.3) is 0 Å². The summed E-state index contributed by atoms with van der Waals surface area (Å²) in [6, 6.07) is 4.49. The van der Waals surface area contributed by atoms with E-state index in [0.29, 0.717) is 11.8 Å². The molecular formula is C16H25BrO. The molecule has 0 aromatic heterocycles. The molecule has 0 aliphatic heterocycles. The topological polar surface area (TPSA) is 9.23 Å². The second-order valence-corrected chi connectivity index (χ2v) is 5.89. The van der Waals surface area contributed by atoms with E-state index < -0.39 is 0 Å². The van der Waals surface area contributed by atoms with Crippen molar-refractivity contribution < 1.29 is 4.74 Å². The number of rotatable bonds is 6. The molecule has 2 unspecified atom stereocenters. The standard InChI is InChI=1S/C16H25BrO/c1-6-7-18-16-9-11(2)15(8-12(16)3)14(5)13(4)10-17/h8-9,13-14H,6-7,10H2,1-5H3. The highest BCUT2D eigenvalue weighted by Crippen LogP contribution is 2.32. The molecule has 102 valence electrons. The molecule has 0 aliphatic carbocycles. The van der Waals surface area contributed by atoms with Crippen molar-refractivity contribution >= 4 is 15.9 Å². The van der Waals surface area contributed by atoms with Gasteiger partial charge in [0.15, 0.2) is 0 Å². The Morgan fingerprint density at radius 2 is 1.83 bits per heavy atom. The van der Waals surface area contributed by atoms with Crippen LogP contribution in [0, 0.1) is 19.8 Å². The Bertz CT molecular complexity index is 387. The van der Waals surface area contributed by atoms with Crippen molar-refractivity contribution in [3.8, 4) is 5.75 Å². The number of ether oxygens (including phenoxy) is 1. The number of alkyl halides is 1. The van der Waals surface area contributed by atoms with Gasteiger partial charge in [-0.15, -0.1) is 0 Å². The molecule has 1 rings (SSSR count). The van der Waals surface area contributed by atoms with E-state index >= 15 is 0 Å². The van der Waals surface area contributed by atoms with E-state index in [4.69, 9.17) is 4.74 Å². The summed E-state index contributed by atoms with van der Waals surface area (Å²) in [4.78, 5) is 0. The Labute approximate surface area is 120 Å². The summed E-state index contributed by atoms with van der Waals surface area (Å²) in [6.45, 7) is 11.9. The van der Waals surface area contributed by atoms with E-state index in [9.17, 15) is 0 Å². The smallest absolute Gasteiger partial charge is 0.122 e. The Morgan fingerprint density at radius 3 is 2.39 bits per heavy atom. The van der Waals surface area contributed by atoms with Gasteiger partial charge < -0.3 is 4.74 Å². The number of benzene rings is 1. The second-order valence-electron chi connectivity index (χ2n) is 5.24. The van der Waals surface area contributed by atoms with Crippen molar-refractivity contribution in [3.05, 3.63) is 28.8 Å². The first-order valence-corrected chi connectivity index (χ1v) is 7.93. The van der Waals surface area contributed by atoms with E-state index in [1.807, 2.05) is 0 Å². The van der Waals surface area contributed by atoms with Crippen molar-refractivity contribution in [3.63, 3.8) is 0 Å². The molecule has 1 aromatic carbocycles. The molecule has 0 fully saturated rings. The zero-order chi connectivity index (χ0) is 13.7. The molecule has 0 N–H and O–H groups in total. The molecule has 2 atom stereocenters. The molecule has 0 saturated carbocycles. The van der Waals surface area contributed by atoms with E-state index in [2.05, 4.69) is 62.7 Å². The summed E-state index contributed by atoms with van der Waals surface area (Å²) < 4.78 is 5.78. The van der Waals surface area contributed by atoms with Gasteiger partial charge in [-0.1, -0.05) is 42.8 Å². The van der Waals surface area contributed by atoms with Crippen molar-refractivity contribution in [1.29, 1.82) is 0 Å². The first-order chi connectivity index (χ1) is 8.51. The van der Waals surface area contributed by atoms with Crippen LogP contribution in [0.1, 0.15) is 49.8 Å². The summed E-state index contributed by atoms with van der Waals surface area (Å²) in [5.74, 6) is 2.26. The number of halogens is 1. The van der Waals surface area contributed by atoms with Gasteiger partial charge in [-0.05, 0) is 54.9 Å². The lowest BCUT2D eigenvalue weighted by molar-refractivity contribution is 0.315. The second kappa shape index (κ2) is 7.18. The first-order valence-electron chi connectivity index (χ1n) is 6.81. The summed E-state index contributed by atoms with van der Waals surface area (Å²) in [5.41, 5.74) is 4.04. The molecule has 0 radical (unpaired) electrons. The Morgan fingerprint density at radius 1 is 1.17 bits per heavy atom. The van der Waals surface area contributed by atoms with Crippen LogP contribution in [0.5, 0.6) is 5.75 Å². The predicted octanol–water partition coefficient (Wildman–Crippen LogP) is 5.23. The highest BCUT2D eigenvalue weighted by Gasteiger charge is 2.16. The molecule has 0 bridgehead atoms. The van der Waals surface area contributed by atoms with E-state index in [1.54, 1.807) is 0 Å². The van der Waals surface area contributed by atoms with E-state index in [-0.39, 0.29) is 0 Å². The van der Waals surface area contributed by atoms with Crippen molar-refractivity contribution in [1.82, 2.24) is 0 Å². The molecule has 0 saturated heterocycles. The van der Waals surface area contributed by atoms with Gasteiger partial charge >= 0.3 is 0 Å². The van der Waals surface area contributed by atoms with Crippen LogP contribution < -0.4 is 4.74 Å². The predicted molar refractivity (Wildman–Crippen MR) is 83.1 cm³/mol. The lowest BCUT2D eigenvalue weighted by atomic mass is 9.86. The van der Waals surface area contributed by atoms with Crippen molar-refractivity contribution in [2.45, 2.75) is 47.0 Å². The maximum Gasteiger partial charge on any atom is 0.122 e. The van der Waals surface area contributed by atoms with Crippen LogP contribution in [-0.2, 0) is 0 Å². The zero-order valence-corrected chi connectivity index (χ0v) is 13.8. The first kappa shape index (κ1) is 15.6. The van der Waals surface area contributed by atoms with E-state index in [1.165, 1.54) is 16.7 Å². The molecule has 2 heteroatoms. The van der Waals surface area contributed by atoms with Crippen LogP contribution in [0.2, 0.25) is 0 Å². The number of aryl methyl sites for hydroxylation is 2. The SMILES string of the molecule is CCCOc1cc(C)c(C(C)C(C)CBr)cc1C. The van der Waals surface area contributed by atoms with Crippen LogP contribution in [0.15, 0.2) is 12.1 Å². The van der Waals surface area contributed by atoms with Gasteiger partial charge in [-0.3, -0.25) is 0 Å². The highest BCUT2D eigenvalue weighted by molar-refractivity contribution is 9.09. The molecule has 1 nitrogen and oxygen atoms in total. The molecular weight excluding hydrogens is 288 g/mol. The normalized spacial score (nSPS) is 14.3. The summed E-state index contributed by atoms with van der Waals surface area (Å²) in [5, 5.41) is 1.04. The molecule has 18 heavy (non-hydrogen) atoms. The lowest BCUT2D eigenvalue weighted by Crippen LogP contribution is -2.10. The van der Waals surface area contributed by atoms with Gasteiger partial charge in [-0.25, -0.2) is 0 Å². The number of hydrogen-bond acceptors (Lipinski definition) is 1. The van der Waals surface area contributed by atoms with Crippen LogP contribution in [0.4, 0.5) is 0 Å². The maximum atomic E-state index is 5.78. The van der Waals surface area contributed by atoms with Gasteiger partial charge in [0.1, 0.15) is 5.75 Å². The highest BCUT2D eigenvalue weighted by atomic mass is 79.9. The number of hydrogen-bond donors (Lipinski definition) is 0. The van der Waals surface area contributed by atoms with Crippen LogP contribution in [0.3, 0.4) is 0 Å². The quantitative estimate of drug-likeness (QED) is 0.654. The zero-order valence-electron chi connectivity index (χ0n) is 12.2. The van der Waals surface area contributed by atoms with Gasteiger partial charge in [0, 0.05) is 5.33 Å². The average Bonchev–Trinajstić information content (AvgIpc) is 2.37. The summed E-state index contributed by atoms with van der Waals surface area (Å²) >= 11 is 3.58. The lowest BCUT2D eigenvalue weighted by Gasteiger charge is -2.22. The largest absolute Gasteiger partial charge is 0.493 e. The fraction of sp³-hybridized carbons (Fsp3) is 0.625. The third-order valence-electron chi connectivity index (χ3n) is 3.61. The van der Waals surface area contributed by atoms with Gasteiger partial charge in [0.25, 0.3) is 0 Å². The van der Waals surface area contributed by atoms with Gasteiger partial charge in [0.05, 0.1) is 6.61 Å². The van der Waals surface area contributed by atoms with Gasteiger partial charge in [-0.2, -0.15) is 0 Å². The Balaban J connectivity index is 2.99. The maximum absolute atomic E-state index is 5.78. The van der Waals surface area contributed by atoms with Crippen LogP contribution in [-0.4, -0.2) is 11.9 Å². The fourth-order valence-corrected chi connectivity index (χ4v) is 2.67. The minimum Gasteiger partial charge on any atom is -0.493 e. The monoisotopic (exact) mass is 312 g/mol. The van der Waals surface area contributed by atoms with Gasteiger partial charge in [0.2, 0.25) is 0 Å². The fourth-order valence-electron chi connectivity index (χ4n) is 2.11. The molecule has 0 amide bonds. The molecule has 0 aliphatic rings. The van der Waals surface area contributed by atoms with E-state index in [0.717, 1.165) is 24.1 Å². The Hall–Kier alpha value is -0.500. The van der Waals surface area contributed by atoms with Crippen molar-refractivity contribution in [2.24, 2.45) is 5.92 Å². The molecule has 0 spiro atoms. The Kier molecular flexibility index (Phi) is 6.20. The van der Waals surface area contributed by atoms with Crippen molar-refractivity contribution in [2.75, 3.05) is 11.9 Å². The molecule has 1 aromatic rings.